The number of hydrogen-bond donors (Lipinski definition) is 0. The van der Waals surface area contributed by atoms with Crippen LogP contribution in [0.4, 0.5) is 0 Å². The lowest BCUT2D eigenvalue weighted by atomic mass is 10.1. The summed E-state index contributed by atoms with van der Waals surface area (Å²) < 4.78 is 12.3. The van der Waals surface area contributed by atoms with E-state index in [2.05, 4.69) is 0 Å². The minimum Gasteiger partial charge on any atom is -0.249 e. The fraction of sp³-hybridized carbons (Fsp3) is 0.0667. The van der Waals surface area contributed by atoms with E-state index in [0.29, 0.717) is 15.4 Å². The fourth-order valence-electron chi connectivity index (χ4n) is 1.63. The molecule has 0 spiro atoms. The highest BCUT2D eigenvalue weighted by Crippen LogP contribution is 2.19. The first-order valence-electron chi connectivity index (χ1n) is 5.58. The van der Waals surface area contributed by atoms with E-state index in [9.17, 15) is 4.21 Å². The molecule has 0 radical (unpaired) electrons. The zero-order chi connectivity index (χ0) is 13.8. The maximum absolute atomic E-state index is 12.3. The molecule has 0 aliphatic rings. The van der Waals surface area contributed by atoms with Crippen LogP contribution in [0.5, 0.6) is 0 Å². The van der Waals surface area contributed by atoms with Crippen LogP contribution in [0.15, 0.2) is 52.3 Å². The van der Waals surface area contributed by atoms with Crippen molar-refractivity contribution in [2.75, 3.05) is 0 Å². The average Bonchev–Trinajstić information content (AvgIpc) is 2.46. The van der Waals surface area contributed by atoms with Crippen LogP contribution in [-0.2, 0) is 10.8 Å². The van der Waals surface area contributed by atoms with E-state index in [1.165, 1.54) is 12.1 Å². The molecular weight excluding hydrogens is 256 g/mol. The Labute approximate surface area is 114 Å². The van der Waals surface area contributed by atoms with Gasteiger partial charge in [0.2, 0.25) is 0 Å². The molecule has 4 heteroatoms. The maximum atomic E-state index is 12.3. The number of hydrogen-bond acceptors (Lipinski definition) is 3. The highest BCUT2D eigenvalue weighted by molar-refractivity contribution is 7.85. The van der Waals surface area contributed by atoms with Crippen LogP contribution in [0.25, 0.3) is 0 Å². The van der Waals surface area contributed by atoms with Gasteiger partial charge in [-0.2, -0.15) is 10.5 Å². The van der Waals surface area contributed by atoms with Crippen LogP contribution < -0.4 is 0 Å². The predicted molar refractivity (Wildman–Crippen MR) is 71.7 cm³/mol. The summed E-state index contributed by atoms with van der Waals surface area (Å²) in [6.07, 6.45) is 0. The summed E-state index contributed by atoms with van der Waals surface area (Å²) in [5, 5.41) is 17.8. The SMILES string of the molecule is Cc1ccc(S(=O)c2ccc(C#N)c(C#N)c2)cc1. The second kappa shape index (κ2) is 5.48. The Hall–Kier alpha value is -2.43. The van der Waals surface area contributed by atoms with Crippen molar-refractivity contribution < 1.29 is 4.21 Å². The molecule has 0 saturated carbocycles. The highest BCUT2D eigenvalue weighted by atomic mass is 32.2. The van der Waals surface area contributed by atoms with Gasteiger partial charge in [0.15, 0.2) is 0 Å². The number of aryl methyl sites for hydroxylation is 1. The van der Waals surface area contributed by atoms with Crippen LogP contribution in [0, 0.1) is 29.6 Å². The number of nitrogens with zero attached hydrogens (tertiary/aromatic N) is 2. The molecule has 1 unspecified atom stereocenters. The van der Waals surface area contributed by atoms with E-state index >= 15 is 0 Å². The van der Waals surface area contributed by atoms with Crippen LogP contribution in [-0.4, -0.2) is 4.21 Å². The van der Waals surface area contributed by atoms with Gasteiger partial charge in [-0.3, -0.25) is 0 Å². The molecule has 0 saturated heterocycles. The van der Waals surface area contributed by atoms with Gasteiger partial charge >= 0.3 is 0 Å². The normalized spacial score (nSPS) is 11.3. The molecule has 0 N–H and O–H groups in total. The smallest absolute Gasteiger partial charge is 0.101 e. The van der Waals surface area contributed by atoms with Gasteiger partial charge in [-0.15, -0.1) is 0 Å². The Morgan fingerprint density at radius 3 is 2.05 bits per heavy atom. The van der Waals surface area contributed by atoms with Gasteiger partial charge in [0, 0.05) is 9.79 Å². The molecule has 2 aromatic carbocycles. The molecule has 0 amide bonds. The Bertz CT molecular complexity index is 721. The Morgan fingerprint density at radius 1 is 0.895 bits per heavy atom. The topological polar surface area (TPSA) is 64.7 Å². The third-order valence-electron chi connectivity index (χ3n) is 2.68. The zero-order valence-electron chi connectivity index (χ0n) is 10.3. The molecule has 0 heterocycles. The maximum Gasteiger partial charge on any atom is 0.101 e. The first-order chi connectivity index (χ1) is 9.15. The van der Waals surface area contributed by atoms with Gasteiger partial charge in [-0.1, -0.05) is 17.7 Å². The highest BCUT2D eigenvalue weighted by Gasteiger charge is 2.10. The van der Waals surface area contributed by atoms with Gasteiger partial charge < -0.3 is 0 Å². The summed E-state index contributed by atoms with van der Waals surface area (Å²) in [7, 11) is -1.34. The van der Waals surface area contributed by atoms with Gasteiger partial charge in [0.25, 0.3) is 0 Å². The van der Waals surface area contributed by atoms with Crippen LogP contribution >= 0.6 is 0 Å². The summed E-state index contributed by atoms with van der Waals surface area (Å²) in [4.78, 5) is 1.21. The van der Waals surface area contributed by atoms with Crippen LogP contribution in [0.3, 0.4) is 0 Å². The first-order valence-corrected chi connectivity index (χ1v) is 6.73. The first kappa shape index (κ1) is 13.0. The molecule has 3 nitrogen and oxygen atoms in total. The summed E-state index contributed by atoms with van der Waals surface area (Å²) >= 11 is 0. The third-order valence-corrected chi connectivity index (χ3v) is 4.06. The van der Waals surface area contributed by atoms with Crippen molar-refractivity contribution in [2.45, 2.75) is 16.7 Å². The van der Waals surface area contributed by atoms with Gasteiger partial charge in [-0.05, 0) is 37.3 Å². The summed E-state index contributed by atoms with van der Waals surface area (Å²) in [6, 6.07) is 15.9. The second-order valence-corrected chi connectivity index (χ2v) is 5.49. The molecule has 0 fully saturated rings. The van der Waals surface area contributed by atoms with Crippen molar-refractivity contribution in [3.8, 4) is 12.1 Å². The molecule has 0 bridgehead atoms. The lowest BCUT2D eigenvalue weighted by molar-refractivity contribution is 0.683. The van der Waals surface area contributed by atoms with E-state index in [1.54, 1.807) is 18.2 Å². The van der Waals surface area contributed by atoms with Gasteiger partial charge in [0.05, 0.1) is 21.9 Å². The summed E-state index contributed by atoms with van der Waals surface area (Å²) in [5.41, 5.74) is 1.64. The standard InChI is InChI=1S/C15H10N2OS/c1-11-2-5-14(6-3-11)19(18)15-7-4-12(9-16)13(8-15)10-17/h2-8H,1H3. The third kappa shape index (κ3) is 2.70. The lowest BCUT2D eigenvalue weighted by Crippen LogP contribution is -1.95. The largest absolute Gasteiger partial charge is 0.249 e. The number of benzene rings is 2. The molecule has 92 valence electrons. The second-order valence-electron chi connectivity index (χ2n) is 4.01. The molecule has 0 aliphatic heterocycles. The minimum absolute atomic E-state index is 0.250. The quantitative estimate of drug-likeness (QED) is 0.839. The Kier molecular flexibility index (Phi) is 3.75. The van der Waals surface area contributed by atoms with Crippen molar-refractivity contribution >= 4 is 10.8 Å². The van der Waals surface area contributed by atoms with Crippen LogP contribution in [0.2, 0.25) is 0 Å². The van der Waals surface area contributed by atoms with E-state index in [0.717, 1.165) is 5.56 Å². The van der Waals surface area contributed by atoms with E-state index in [-0.39, 0.29) is 5.56 Å². The lowest BCUT2D eigenvalue weighted by Gasteiger charge is -2.04. The molecule has 0 aliphatic carbocycles. The van der Waals surface area contributed by atoms with Crippen molar-refractivity contribution in [2.24, 2.45) is 0 Å². The molecule has 0 aromatic heterocycles. The van der Waals surface area contributed by atoms with Gasteiger partial charge in [-0.25, -0.2) is 4.21 Å². The zero-order valence-corrected chi connectivity index (χ0v) is 11.1. The molecule has 2 aromatic rings. The van der Waals surface area contributed by atoms with E-state index < -0.39 is 10.8 Å². The molecule has 1 atom stereocenters. The Morgan fingerprint density at radius 2 is 1.47 bits per heavy atom. The molecule has 2 rings (SSSR count). The van der Waals surface area contributed by atoms with Crippen molar-refractivity contribution in [3.63, 3.8) is 0 Å². The predicted octanol–water partition coefficient (Wildman–Crippen LogP) is 2.91. The molecule has 19 heavy (non-hydrogen) atoms. The number of nitriles is 2. The van der Waals surface area contributed by atoms with Gasteiger partial charge in [0.1, 0.15) is 12.1 Å². The van der Waals surface area contributed by atoms with Crippen molar-refractivity contribution in [1.82, 2.24) is 0 Å². The van der Waals surface area contributed by atoms with Crippen molar-refractivity contribution in [3.05, 3.63) is 59.2 Å². The van der Waals surface area contributed by atoms with E-state index in [1.807, 2.05) is 31.2 Å². The monoisotopic (exact) mass is 266 g/mol. The number of rotatable bonds is 2. The Balaban J connectivity index is 2.43. The minimum atomic E-state index is -1.34. The molecular formula is C15H10N2OS. The van der Waals surface area contributed by atoms with E-state index in [4.69, 9.17) is 10.5 Å². The average molecular weight is 266 g/mol. The van der Waals surface area contributed by atoms with Crippen LogP contribution in [0.1, 0.15) is 16.7 Å². The summed E-state index contributed by atoms with van der Waals surface area (Å²) in [5.74, 6) is 0. The van der Waals surface area contributed by atoms with Crippen molar-refractivity contribution in [1.29, 1.82) is 10.5 Å². The summed E-state index contributed by atoms with van der Waals surface area (Å²) in [6.45, 7) is 1.96. The fourth-order valence-corrected chi connectivity index (χ4v) is 2.70.